The zero-order valence-electron chi connectivity index (χ0n) is 14.1. The number of aliphatic hydroxyl groups is 1. The van der Waals surface area contributed by atoms with E-state index in [9.17, 15) is 9.90 Å². The van der Waals surface area contributed by atoms with Gasteiger partial charge in [-0.15, -0.1) is 0 Å². The molecule has 1 aromatic carbocycles. The molecule has 1 N–H and O–H groups in total. The van der Waals surface area contributed by atoms with Crippen molar-refractivity contribution in [2.75, 3.05) is 37.7 Å². The van der Waals surface area contributed by atoms with E-state index in [0.717, 1.165) is 37.2 Å². The molecule has 0 spiro atoms. The molecule has 1 atom stereocenters. The molecule has 2 aliphatic heterocycles. The Morgan fingerprint density at radius 2 is 1.75 bits per heavy atom. The Balaban J connectivity index is 1.44. The minimum Gasteiger partial charge on any atom is -0.393 e. The van der Waals surface area contributed by atoms with Gasteiger partial charge in [-0.25, -0.2) is 0 Å². The number of rotatable bonds is 3. The van der Waals surface area contributed by atoms with E-state index in [4.69, 9.17) is 4.74 Å². The monoisotopic (exact) mass is 330 g/mol. The van der Waals surface area contributed by atoms with Gasteiger partial charge in [-0.05, 0) is 55.9 Å². The summed E-state index contributed by atoms with van der Waals surface area (Å²) in [5.41, 5.74) is 1.91. The molecule has 1 unspecified atom stereocenters. The molecular formula is C19H26N2O3. The fourth-order valence-electron chi connectivity index (χ4n) is 3.85. The summed E-state index contributed by atoms with van der Waals surface area (Å²) in [6, 6.07) is 8.23. The first kappa shape index (κ1) is 15.9. The first-order chi connectivity index (χ1) is 11.7. The predicted molar refractivity (Wildman–Crippen MR) is 92.3 cm³/mol. The normalized spacial score (nSPS) is 25.8. The Kier molecular flexibility index (Phi) is 4.46. The van der Waals surface area contributed by atoms with Gasteiger partial charge in [0.15, 0.2) is 0 Å². The van der Waals surface area contributed by atoms with E-state index in [1.807, 2.05) is 29.2 Å². The third kappa shape index (κ3) is 3.28. The van der Waals surface area contributed by atoms with Gasteiger partial charge in [0, 0.05) is 30.9 Å². The van der Waals surface area contributed by atoms with Crippen molar-refractivity contribution in [2.24, 2.45) is 5.92 Å². The van der Waals surface area contributed by atoms with Gasteiger partial charge in [0.05, 0.1) is 25.4 Å². The average Bonchev–Trinajstić information content (AvgIpc) is 3.47. The van der Waals surface area contributed by atoms with E-state index < -0.39 is 0 Å². The molecule has 24 heavy (non-hydrogen) atoms. The van der Waals surface area contributed by atoms with Gasteiger partial charge in [-0.3, -0.25) is 4.79 Å². The first-order valence-electron chi connectivity index (χ1n) is 9.14. The van der Waals surface area contributed by atoms with Gasteiger partial charge in [-0.2, -0.15) is 0 Å². The highest BCUT2D eigenvalue weighted by Crippen LogP contribution is 2.37. The van der Waals surface area contributed by atoms with E-state index in [-0.39, 0.29) is 18.1 Å². The average molecular weight is 330 g/mol. The summed E-state index contributed by atoms with van der Waals surface area (Å²) in [6.45, 7) is 3.78. The molecular weight excluding hydrogens is 304 g/mol. The van der Waals surface area contributed by atoms with Gasteiger partial charge >= 0.3 is 0 Å². The molecule has 1 aliphatic carbocycles. The quantitative estimate of drug-likeness (QED) is 0.920. The molecule has 2 heterocycles. The second-order valence-corrected chi connectivity index (χ2v) is 7.24. The van der Waals surface area contributed by atoms with Crippen molar-refractivity contribution < 1.29 is 14.6 Å². The summed E-state index contributed by atoms with van der Waals surface area (Å²) >= 11 is 0. The number of ether oxygens (including phenoxy) is 1. The Morgan fingerprint density at radius 1 is 1.04 bits per heavy atom. The van der Waals surface area contributed by atoms with Crippen LogP contribution in [0.4, 0.5) is 5.69 Å². The van der Waals surface area contributed by atoms with Gasteiger partial charge in [0.25, 0.3) is 5.91 Å². The number of aliphatic hydroxyl groups excluding tert-OH is 1. The van der Waals surface area contributed by atoms with Crippen molar-refractivity contribution in [2.45, 2.75) is 37.8 Å². The molecule has 4 rings (SSSR count). The number of hydrogen-bond acceptors (Lipinski definition) is 4. The van der Waals surface area contributed by atoms with E-state index in [2.05, 4.69) is 4.90 Å². The standard InChI is InChI=1S/C19H26N2O3/c22-17-7-9-20(10-8-17)16-5-3-15(4-6-16)19(23)21-11-12-24-13-18(21)14-1-2-14/h3-6,14,17-18,22H,1-2,7-13H2. The Bertz CT molecular complexity index is 577. The predicted octanol–water partition coefficient (Wildman–Crippen LogP) is 1.90. The van der Waals surface area contributed by atoms with Crippen LogP contribution in [-0.2, 0) is 4.74 Å². The number of morpholine rings is 1. The summed E-state index contributed by atoms with van der Waals surface area (Å²) in [5, 5.41) is 9.62. The molecule has 5 heteroatoms. The van der Waals surface area contributed by atoms with E-state index >= 15 is 0 Å². The van der Waals surface area contributed by atoms with Crippen molar-refractivity contribution >= 4 is 11.6 Å². The van der Waals surface area contributed by atoms with Crippen molar-refractivity contribution in [1.82, 2.24) is 4.90 Å². The molecule has 5 nitrogen and oxygen atoms in total. The number of carbonyl (C=O) groups excluding carboxylic acids is 1. The molecule has 0 bridgehead atoms. The van der Waals surface area contributed by atoms with Crippen LogP contribution in [0, 0.1) is 5.92 Å². The van der Waals surface area contributed by atoms with Crippen LogP contribution in [0.1, 0.15) is 36.0 Å². The Morgan fingerprint density at radius 3 is 2.42 bits per heavy atom. The van der Waals surface area contributed by atoms with E-state index in [0.29, 0.717) is 25.7 Å². The molecule has 3 aliphatic rings. The fraction of sp³-hybridized carbons (Fsp3) is 0.632. The number of nitrogens with zero attached hydrogens (tertiary/aromatic N) is 2. The van der Waals surface area contributed by atoms with Crippen molar-refractivity contribution in [1.29, 1.82) is 0 Å². The second-order valence-electron chi connectivity index (χ2n) is 7.24. The lowest BCUT2D eigenvalue weighted by atomic mass is 10.1. The topological polar surface area (TPSA) is 53.0 Å². The third-order valence-corrected chi connectivity index (χ3v) is 5.54. The highest BCUT2D eigenvalue weighted by Gasteiger charge is 2.39. The molecule has 0 radical (unpaired) electrons. The number of anilines is 1. The zero-order valence-corrected chi connectivity index (χ0v) is 14.1. The maximum Gasteiger partial charge on any atom is 0.254 e. The van der Waals surface area contributed by atoms with Crippen LogP contribution in [0.15, 0.2) is 24.3 Å². The lowest BCUT2D eigenvalue weighted by Gasteiger charge is -2.36. The zero-order chi connectivity index (χ0) is 16.5. The molecule has 1 aromatic rings. The van der Waals surface area contributed by atoms with Crippen LogP contribution in [0.3, 0.4) is 0 Å². The van der Waals surface area contributed by atoms with Crippen molar-refractivity contribution in [3.8, 4) is 0 Å². The van der Waals surface area contributed by atoms with Gasteiger partial charge in [-0.1, -0.05) is 0 Å². The summed E-state index contributed by atoms with van der Waals surface area (Å²) in [5.74, 6) is 0.768. The van der Waals surface area contributed by atoms with Crippen molar-refractivity contribution in [3.05, 3.63) is 29.8 Å². The largest absolute Gasteiger partial charge is 0.393 e. The van der Waals surface area contributed by atoms with Gasteiger partial charge < -0.3 is 19.6 Å². The molecule has 3 fully saturated rings. The maximum absolute atomic E-state index is 12.9. The number of amides is 1. The summed E-state index contributed by atoms with van der Waals surface area (Å²) in [6.07, 6.45) is 3.91. The minimum atomic E-state index is -0.164. The minimum absolute atomic E-state index is 0.135. The number of benzene rings is 1. The summed E-state index contributed by atoms with van der Waals surface area (Å²) in [4.78, 5) is 17.2. The number of piperidine rings is 1. The first-order valence-corrected chi connectivity index (χ1v) is 9.14. The van der Waals surface area contributed by atoms with Crippen LogP contribution in [0.5, 0.6) is 0 Å². The van der Waals surface area contributed by atoms with E-state index in [1.54, 1.807) is 0 Å². The lowest BCUT2D eigenvalue weighted by Crippen LogP contribution is -2.49. The molecule has 1 saturated carbocycles. The van der Waals surface area contributed by atoms with Gasteiger partial charge in [0.1, 0.15) is 0 Å². The molecule has 1 amide bonds. The van der Waals surface area contributed by atoms with Crippen molar-refractivity contribution in [3.63, 3.8) is 0 Å². The van der Waals surface area contributed by atoms with Crippen LogP contribution in [0.25, 0.3) is 0 Å². The van der Waals surface area contributed by atoms with Crippen LogP contribution >= 0.6 is 0 Å². The Hall–Kier alpha value is -1.59. The molecule has 2 saturated heterocycles. The number of carbonyl (C=O) groups is 1. The SMILES string of the molecule is O=C(c1ccc(N2CCC(O)CC2)cc1)N1CCOCC1C1CC1. The van der Waals surface area contributed by atoms with E-state index in [1.165, 1.54) is 12.8 Å². The molecule has 130 valence electrons. The highest BCUT2D eigenvalue weighted by molar-refractivity contribution is 5.95. The van der Waals surface area contributed by atoms with Crippen LogP contribution in [-0.4, -0.2) is 60.9 Å². The highest BCUT2D eigenvalue weighted by atomic mass is 16.5. The lowest BCUT2D eigenvalue weighted by molar-refractivity contribution is -0.00834. The smallest absolute Gasteiger partial charge is 0.254 e. The summed E-state index contributed by atoms with van der Waals surface area (Å²) in [7, 11) is 0. The molecule has 0 aromatic heterocycles. The summed E-state index contributed by atoms with van der Waals surface area (Å²) < 4.78 is 5.59. The number of hydrogen-bond donors (Lipinski definition) is 1. The van der Waals surface area contributed by atoms with Crippen LogP contribution < -0.4 is 4.90 Å². The van der Waals surface area contributed by atoms with Gasteiger partial charge in [0.2, 0.25) is 0 Å². The Labute approximate surface area is 143 Å². The third-order valence-electron chi connectivity index (χ3n) is 5.54. The fourth-order valence-corrected chi connectivity index (χ4v) is 3.85. The second kappa shape index (κ2) is 6.73. The maximum atomic E-state index is 12.9. The van der Waals surface area contributed by atoms with Crippen LogP contribution in [0.2, 0.25) is 0 Å².